The van der Waals surface area contributed by atoms with Gasteiger partial charge in [-0.25, -0.2) is 4.79 Å². The van der Waals surface area contributed by atoms with E-state index in [4.69, 9.17) is 13.9 Å². The Morgan fingerprint density at radius 1 is 1.00 bits per heavy atom. The van der Waals surface area contributed by atoms with Gasteiger partial charge in [-0.1, -0.05) is 40.2 Å². The average molecular weight is 508 g/mol. The minimum atomic E-state index is -1.17. The topological polar surface area (TPSA) is 77.8 Å². The third-order valence-electron chi connectivity index (χ3n) is 5.13. The van der Waals surface area contributed by atoms with Crippen molar-refractivity contribution in [3.8, 4) is 22.6 Å². The van der Waals surface area contributed by atoms with Crippen LogP contribution in [0.25, 0.3) is 22.1 Å². The standard InChI is InChI=1S/C26H22BrNO5/c1-26(2,33-19-11-9-18(27)10-12-19)25(30)28-21-15-16(8-13-23(21)31-3)20-14-17-6-4-5-7-22(17)32-24(20)29/h4-15H,1-3H3,(H,28,30). The first-order chi connectivity index (χ1) is 15.8. The van der Waals surface area contributed by atoms with Crippen molar-refractivity contribution in [3.05, 3.63) is 87.7 Å². The lowest BCUT2D eigenvalue weighted by molar-refractivity contribution is -0.128. The van der Waals surface area contributed by atoms with Gasteiger partial charge in [0.2, 0.25) is 0 Å². The number of carbonyl (C=O) groups excluding carboxylic acids is 1. The van der Waals surface area contributed by atoms with Gasteiger partial charge >= 0.3 is 5.63 Å². The summed E-state index contributed by atoms with van der Waals surface area (Å²) in [5.41, 5.74) is 0.279. The second kappa shape index (κ2) is 9.11. The summed E-state index contributed by atoms with van der Waals surface area (Å²) >= 11 is 3.38. The number of benzene rings is 3. The lowest BCUT2D eigenvalue weighted by Crippen LogP contribution is -2.42. The summed E-state index contributed by atoms with van der Waals surface area (Å²) in [5.74, 6) is 0.649. The highest BCUT2D eigenvalue weighted by Gasteiger charge is 2.31. The molecule has 1 heterocycles. The fourth-order valence-corrected chi connectivity index (χ4v) is 3.62. The summed E-state index contributed by atoms with van der Waals surface area (Å²) in [7, 11) is 1.51. The van der Waals surface area contributed by atoms with Crippen molar-refractivity contribution < 1.29 is 18.7 Å². The van der Waals surface area contributed by atoms with E-state index in [0.717, 1.165) is 9.86 Å². The van der Waals surface area contributed by atoms with E-state index in [2.05, 4.69) is 21.2 Å². The smallest absolute Gasteiger partial charge is 0.344 e. The average Bonchev–Trinajstić information content (AvgIpc) is 2.80. The number of halogens is 1. The molecule has 1 amide bonds. The molecule has 0 saturated carbocycles. The highest BCUT2D eigenvalue weighted by Crippen LogP contribution is 2.32. The lowest BCUT2D eigenvalue weighted by atomic mass is 10.0. The van der Waals surface area contributed by atoms with Crippen molar-refractivity contribution in [2.75, 3.05) is 12.4 Å². The minimum absolute atomic E-state index is 0.369. The van der Waals surface area contributed by atoms with Gasteiger partial charge in [0.15, 0.2) is 5.60 Å². The van der Waals surface area contributed by atoms with Crippen LogP contribution in [0.2, 0.25) is 0 Å². The van der Waals surface area contributed by atoms with E-state index in [1.54, 1.807) is 56.3 Å². The van der Waals surface area contributed by atoms with Crippen LogP contribution in [0.3, 0.4) is 0 Å². The highest BCUT2D eigenvalue weighted by molar-refractivity contribution is 9.10. The Bertz CT molecular complexity index is 1380. The number of hydrogen-bond donors (Lipinski definition) is 1. The van der Waals surface area contributed by atoms with Gasteiger partial charge in [0, 0.05) is 9.86 Å². The monoisotopic (exact) mass is 507 g/mol. The van der Waals surface area contributed by atoms with Crippen LogP contribution in [0, 0.1) is 0 Å². The molecule has 0 saturated heterocycles. The first-order valence-corrected chi connectivity index (χ1v) is 11.0. The normalized spacial score (nSPS) is 11.3. The zero-order chi connectivity index (χ0) is 23.6. The molecule has 0 bridgehead atoms. The van der Waals surface area contributed by atoms with Crippen LogP contribution in [-0.4, -0.2) is 18.6 Å². The first kappa shape index (κ1) is 22.6. The number of nitrogens with one attached hydrogen (secondary N) is 1. The summed E-state index contributed by atoms with van der Waals surface area (Å²) in [6, 6.07) is 21.4. The highest BCUT2D eigenvalue weighted by atomic mass is 79.9. The molecule has 3 aromatic carbocycles. The Balaban J connectivity index is 1.64. The van der Waals surface area contributed by atoms with E-state index in [1.807, 2.05) is 30.3 Å². The number of rotatable bonds is 6. The van der Waals surface area contributed by atoms with Crippen molar-refractivity contribution >= 4 is 38.5 Å². The van der Waals surface area contributed by atoms with Crippen molar-refractivity contribution in [2.24, 2.45) is 0 Å². The fourth-order valence-electron chi connectivity index (χ4n) is 3.35. The molecule has 168 valence electrons. The van der Waals surface area contributed by atoms with E-state index < -0.39 is 11.2 Å². The van der Waals surface area contributed by atoms with Crippen LogP contribution in [0.5, 0.6) is 11.5 Å². The van der Waals surface area contributed by atoms with Crippen LogP contribution in [0.15, 0.2) is 86.5 Å². The Kier molecular flexibility index (Phi) is 6.24. The number of ether oxygens (including phenoxy) is 2. The van der Waals surface area contributed by atoms with E-state index in [-0.39, 0.29) is 5.91 Å². The predicted octanol–water partition coefficient (Wildman–Crippen LogP) is 6.03. The van der Waals surface area contributed by atoms with Gasteiger partial charge in [0.1, 0.15) is 17.1 Å². The molecule has 1 N–H and O–H groups in total. The summed E-state index contributed by atoms with van der Waals surface area (Å²) in [6.45, 7) is 3.36. The molecule has 4 rings (SSSR count). The molecule has 1 aromatic heterocycles. The molecule has 0 radical (unpaired) electrons. The Hall–Kier alpha value is -3.58. The molecule has 0 aliphatic carbocycles. The molecule has 6 nitrogen and oxygen atoms in total. The minimum Gasteiger partial charge on any atom is -0.495 e. The number of fused-ring (bicyclic) bond motifs is 1. The second-order valence-electron chi connectivity index (χ2n) is 7.92. The molecule has 0 aliphatic heterocycles. The summed E-state index contributed by atoms with van der Waals surface area (Å²) < 4.78 is 17.7. The lowest BCUT2D eigenvalue weighted by Gasteiger charge is -2.26. The molecule has 0 fully saturated rings. The van der Waals surface area contributed by atoms with Gasteiger partial charge in [0.25, 0.3) is 5.91 Å². The van der Waals surface area contributed by atoms with Gasteiger partial charge in [-0.05, 0) is 67.9 Å². The van der Waals surface area contributed by atoms with Gasteiger partial charge < -0.3 is 19.2 Å². The number of hydrogen-bond acceptors (Lipinski definition) is 5. The van der Waals surface area contributed by atoms with Crippen LogP contribution >= 0.6 is 15.9 Å². The van der Waals surface area contributed by atoms with Crippen LogP contribution in [-0.2, 0) is 4.79 Å². The number of amides is 1. The molecule has 33 heavy (non-hydrogen) atoms. The molecule has 0 spiro atoms. The van der Waals surface area contributed by atoms with Crippen LogP contribution in [0.4, 0.5) is 5.69 Å². The van der Waals surface area contributed by atoms with Crippen molar-refractivity contribution in [3.63, 3.8) is 0 Å². The van der Waals surface area contributed by atoms with Crippen molar-refractivity contribution in [2.45, 2.75) is 19.4 Å². The van der Waals surface area contributed by atoms with Gasteiger partial charge in [-0.2, -0.15) is 0 Å². The molecule has 7 heteroatoms. The van der Waals surface area contributed by atoms with E-state index >= 15 is 0 Å². The number of methoxy groups -OCH3 is 1. The van der Waals surface area contributed by atoms with Gasteiger partial charge in [-0.15, -0.1) is 0 Å². The number of carbonyl (C=O) groups is 1. The summed E-state index contributed by atoms with van der Waals surface area (Å²) in [5, 5.41) is 3.67. The predicted molar refractivity (Wildman–Crippen MR) is 132 cm³/mol. The van der Waals surface area contributed by atoms with E-state index in [1.165, 1.54) is 7.11 Å². The molecular formula is C26H22BrNO5. The third-order valence-corrected chi connectivity index (χ3v) is 5.66. The Morgan fingerprint density at radius 2 is 1.73 bits per heavy atom. The molecule has 0 atom stereocenters. The molecule has 0 unspecified atom stereocenters. The van der Waals surface area contributed by atoms with Crippen LogP contribution in [0.1, 0.15) is 13.8 Å². The quantitative estimate of drug-likeness (QED) is 0.322. The Morgan fingerprint density at radius 3 is 2.45 bits per heavy atom. The Labute approximate surface area is 199 Å². The molecule has 0 aliphatic rings. The molecular weight excluding hydrogens is 486 g/mol. The van der Waals surface area contributed by atoms with E-state index in [0.29, 0.717) is 33.9 Å². The van der Waals surface area contributed by atoms with Crippen molar-refractivity contribution in [1.29, 1.82) is 0 Å². The van der Waals surface area contributed by atoms with Crippen molar-refractivity contribution in [1.82, 2.24) is 0 Å². The number of anilines is 1. The second-order valence-corrected chi connectivity index (χ2v) is 8.84. The zero-order valence-electron chi connectivity index (χ0n) is 18.3. The van der Waals surface area contributed by atoms with Gasteiger partial charge in [-0.3, -0.25) is 4.79 Å². The largest absolute Gasteiger partial charge is 0.495 e. The summed E-state index contributed by atoms with van der Waals surface area (Å²) in [6.07, 6.45) is 0. The number of para-hydroxylation sites is 1. The molecule has 4 aromatic rings. The third kappa shape index (κ3) is 4.93. The fraction of sp³-hybridized carbons (Fsp3) is 0.154. The maximum absolute atomic E-state index is 13.1. The summed E-state index contributed by atoms with van der Waals surface area (Å²) in [4.78, 5) is 25.7. The van der Waals surface area contributed by atoms with E-state index in [9.17, 15) is 9.59 Å². The zero-order valence-corrected chi connectivity index (χ0v) is 19.9. The van der Waals surface area contributed by atoms with Crippen LogP contribution < -0.4 is 20.4 Å². The SMILES string of the molecule is COc1ccc(-c2cc3ccccc3oc2=O)cc1NC(=O)C(C)(C)Oc1ccc(Br)cc1. The van der Waals surface area contributed by atoms with Gasteiger partial charge in [0.05, 0.1) is 18.4 Å². The maximum Gasteiger partial charge on any atom is 0.344 e. The first-order valence-electron chi connectivity index (χ1n) is 10.2. The maximum atomic E-state index is 13.1.